The second-order valence-corrected chi connectivity index (χ2v) is 3.49. The Morgan fingerprint density at radius 1 is 1.08 bits per heavy atom. The van der Waals surface area contributed by atoms with E-state index in [1.165, 1.54) is 25.9 Å². The average Bonchev–Trinajstić information content (AvgIpc) is 2.82. The van der Waals surface area contributed by atoms with E-state index in [2.05, 4.69) is 5.32 Å². The average molecular weight is 185 g/mol. The molecule has 0 aromatic heterocycles. The van der Waals surface area contributed by atoms with E-state index >= 15 is 0 Å². The molecule has 0 aromatic rings. The van der Waals surface area contributed by atoms with Crippen LogP contribution in [-0.4, -0.2) is 37.1 Å². The Morgan fingerprint density at radius 3 is 1.85 bits per heavy atom. The topological polar surface area (TPSA) is 58.4 Å². The van der Waals surface area contributed by atoms with Gasteiger partial charge in [-0.25, -0.2) is 4.79 Å². The molecule has 0 aromatic carbocycles. The maximum Gasteiger partial charge on any atom is 0.314 e. The predicted molar refractivity (Wildman–Crippen MR) is 52.5 cm³/mol. The van der Waals surface area contributed by atoms with Crippen LogP contribution >= 0.6 is 0 Å². The number of rotatable bonds is 0. The van der Waals surface area contributed by atoms with Gasteiger partial charge in [0.2, 0.25) is 0 Å². The highest BCUT2D eigenvalue weighted by Crippen LogP contribution is 2.05. The quantitative estimate of drug-likeness (QED) is 0.578. The van der Waals surface area contributed by atoms with Crippen molar-refractivity contribution in [2.75, 3.05) is 26.2 Å². The summed E-state index contributed by atoms with van der Waals surface area (Å²) in [6.07, 6.45) is 5.01. The minimum Gasteiger partial charge on any atom is -0.351 e. The highest BCUT2D eigenvalue weighted by molar-refractivity contribution is 5.72. The van der Waals surface area contributed by atoms with Gasteiger partial charge in [-0.15, -0.1) is 0 Å². The largest absolute Gasteiger partial charge is 0.351 e. The normalized spacial score (nSPS) is 21.1. The minimum absolute atomic E-state index is 0.275. The van der Waals surface area contributed by atoms with Crippen molar-refractivity contribution in [2.45, 2.75) is 25.7 Å². The molecule has 2 aliphatic heterocycles. The Balaban J connectivity index is 0.000000145. The third-order valence-electron chi connectivity index (χ3n) is 2.37. The van der Waals surface area contributed by atoms with Crippen molar-refractivity contribution in [3.63, 3.8) is 0 Å². The number of nitrogens with zero attached hydrogens (tertiary/aromatic N) is 1. The first-order chi connectivity index (χ1) is 6.30. The lowest BCUT2D eigenvalue weighted by molar-refractivity contribution is 0.218. The lowest BCUT2D eigenvalue weighted by Gasteiger charge is -2.09. The number of likely N-dealkylation sites (tertiary alicyclic amines) is 1. The summed E-state index contributed by atoms with van der Waals surface area (Å²) in [5.41, 5.74) is 4.98. The molecule has 4 nitrogen and oxygen atoms in total. The van der Waals surface area contributed by atoms with Gasteiger partial charge in [-0.05, 0) is 38.8 Å². The molecule has 2 heterocycles. The number of nitrogens with one attached hydrogen (secondary N) is 1. The van der Waals surface area contributed by atoms with Gasteiger partial charge in [0.05, 0.1) is 0 Å². The van der Waals surface area contributed by atoms with Crippen LogP contribution in [0, 0.1) is 0 Å². The molecule has 2 saturated heterocycles. The fourth-order valence-electron chi connectivity index (χ4n) is 1.56. The number of urea groups is 1. The van der Waals surface area contributed by atoms with Gasteiger partial charge in [0.25, 0.3) is 0 Å². The molecule has 2 rings (SSSR count). The molecule has 4 heteroatoms. The first-order valence-electron chi connectivity index (χ1n) is 5.06. The smallest absolute Gasteiger partial charge is 0.314 e. The van der Waals surface area contributed by atoms with Crippen LogP contribution in [0.1, 0.15) is 25.7 Å². The van der Waals surface area contributed by atoms with Gasteiger partial charge in [0, 0.05) is 13.1 Å². The highest BCUT2D eigenvalue weighted by atomic mass is 16.2. The van der Waals surface area contributed by atoms with Crippen molar-refractivity contribution in [2.24, 2.45) is 5.73 Å². The summed E-state index contributed by atoms with van der Waals surface area (Å²) >= 11 is 0. The minimum atomic E-state index is -0.275. The van der Waals surface area contributed by atoms with E-state index in [0.29, 0.717) is 0 Å². The molecule has 0 aliphatic carbocycles. The standard InChI is InChI=1S/C5H10N2O.C4H9N/c6-5(8)7-3-1-2-4-7;1-2-4-5-3-1/h1-4H2,(H2,6,8);5H,1-4H2. The van der Waals surface area contributed by atoms with Crippen molar-refractivity contribution in [3.05, 3.63) is 0 Å². The van der Waals surface area contributed by atoms with Crippen molar-refractivity contribution >= 4 is 6.03 Å². The Kier molecular flexibility index (Phi) is 4.60. The number of primary amides is 1. The van der Waals surface area contributed by atoms with Crippen LogP contribution in [0.4, 0.5) is 4.79 Å². The number of hydrogen-bond donors (Lipinski definition) is 2. The van der Waals surface area contributed by atoms with Gasteiger partial charge < -0.3 is 16.0 Å². The Morgan fingerprint density at radius 2 is 1.62 bits per heavy atom. The van der Waals surface area contributed by atoms with Crippen LogP contribution in [0.3, 0.4) is 0 Å². The fraction of sp³-hybridized carbons (Fsp3) is 0.889. The molecule has 2 fully saturated rings. The van der Waals surface area contributed by atoms with Crippen LogP contribution in [0.15, 0.2) is 0 Å². The van der Waals surface area contributed by atoms with Crippen molar-refractivity contribution in [3.8, 4) is 0 Å². The van der Waals surface area contributed by atoms with Crippen molar-refractivity contribution < 1.29 is 4.79 Å². The highest BCUT2D eigenvalue weighted by Gasteiger charge is 2.13. The Labute approximate surface area is 79.5 Å². The van der Waals surface area contributed by atoms with Gasteiger partial charge in [0.1, 0.15) is 0 Å². The summed E-state index contributed by atoms with van der Waals surface area (Å²) < 4.78 is 0. The number of carbonyl (C=O) groups is 1. The molecule has 2 amide bonds. The van der Waals surface area contributed by atoms with E-state index in [1.54, 1.807) is 4.90 Å². The van der Waals surface area contributed by atoms with E-state index in [9.17, 15) is 4.79 Å². The maximum absolute atomic E-state index is 10.3. The number of hydrogen-bond acceptors (Lipinski definition) is 2. The monoisotopic (exact) mass is 185 g/mol. The van der Waals surface area contributed by atoms with Gasteiger partial charge in [-0.2, -0.15) is 0 Å². The van der Waals surface area contributed by atoms with Crippen molar-refractivity contribution in [1.29, 1.82) is 0 Å². The first kappa shape index (κ1) is 10.3. The lowest BCUT2D eigenvalue weighted by atomic mass is 10.4. The number of carbonyl (C=O) groups excluding carboxylic acids is 1. The van der Waals surface area contributed by atoms with E-state index < -0.39 is 0 Å². The molecule has 0 radical (unpaired) electrons. The van der Waals surface area contributed by atoms with Gasteiger partial charge in [-0.1, -0.05) is 0 Å². The molecule has 2 aliphatic rings. The molecular weight excluding hydrogens is 166 g/mol. The third kappa shape index (κ3) is 4.12. The Bertz CT molecular complexity index is 143. The molecule has 0 unspecified atom stereocenters. The van der Waals surface area contributed by atoms with Crippen LogP contribution in [-0.2, 0) is 0 Å². The maximum atomic E-state index is 10.3. The summed E-state index contributed by atoms with van der Waals surface area (Å²) in [5.74, 6) is 0. The zero-order chi connectivity index (χ0) is 9.52. The van der Waals surface area contributed by atoms with E-state index in [-0.39, 0.29) is 6.03 Å². The van der Waals surface area contributed by atoms with Crippen LogP contribution in [0.25, 0.3) is 0 Å². The predicted octanol–water partition coefficient (Wildman–Crippen LogP) is 0.531. The molecular formula is C9H19N3O. The summed E-state index contributed by atoms with van der Waals surface area (Å²) in [4.78, 5) is 12.0. The van der Waals surface area contributed by atoms with Crippen LogP contribution < -0.4 is 11.1 Å². The van der Waals surface area contributed by atoms with Crippen LogP contribution in [0.2, 0.25) is 0 Å². The third-order valence-corrected chi connectivity index (χ3v) is 2.37. The van der Waals surface area contributed by atoms with Gasteiger partial charge >= 0.3 is 6.03 Å². The molecule has 0 bridgehead atoms. The summed E-state index contributed by atoms with van der Waals surface area (Å²) in [7, 11) is 0. The molecule has 76 valence electrons. The van der Waals surface area contributed by atoms with Gasteiger partial charge in [-0.3, -0.25) is 0 Å². The van der Waals surface area contributed by atoms with Crippen LogP contribution in [0.5, 0.6) is 0 Å². The second kappa shape index (κ2) is 5.80. The Hall–Kier alpha value is -0.770. The summed E-state index contributed by atoms with van der Waals surface area (Å²) in [6.45, 7) is 4.21. The zero-order valence-electron chi connectivity index (χ0n) is 8.09. The van der Waals surface area contributed by atoms with Crippen molar-refractivity contribution in [1.82, 2.24) is 10.2 Å². The molecule has 13 heavy (non-hydrogen) atoms. The van der Waals surface area contributed by atoms with E-state index in [0.717, 1.165) is 25.9 Å². The SMILES string of the molecule is C1CCNC1.NC(=O)N1CCCC1. The molecule has 0 saturated carbocycles. The zero-order valence-corrected chi connectivity index (χ0v) is 8.09. The number of amides is 2. The summed E-state index contributed by atoms with van der Waals surface area (Å²) in [5, 5.41) is 3.22. The lowest BCUT2D eigenvalue weighted by Crippen LogP contribution is -2.32. The molecule has 3 N–H and O–H groups in total. The molecule has 0 atom stereocenters. The second-order valence-electron chi connectivity index (χ2n) is 3.49. The van der Waals surface area contributed by atoms with E-state index in [1.807, 2.05) is 0 Å². The van der Waals surface area contributed by atoms with Gasteiger partial charge in [0.15, 0.2) is 0 Å². The fourth-order valence-corrected chi connectivity index (χ4v) is 1.56. The number of nitrogens with two attached hydrogens (primary N) is 1. The first-order valence-corrected chi connectivity index (χ1v) is 5.06. The molecule has 0 spiro atoms. The summed E-state index contributed by atoms with van der Waals surface area (Å²) in [6, 6.07) is -0.275. The van der Waals surface area contributed by atoms with E-state index in [4.69, 9.17) is 5.73 Å².